The molecule has 78 valence electrons. The molecule has 0 amide bonds. The van der Waals surface area contributed by atoms with Crippen LogP contribution in [0.4, 0.5) is 0 Å². The summed E-state index contributed by atoms with van der Waals surface area (Å²) in [7, 11) is 2.17. The molecule has 1 fully saturated rings. The number of likely N-dealkylation sites (tertiary alicyclic amines) is 1. The molecule has 1 aliphatic rings. The van der Waals surface area contributed by atoms with Gasteiger partial charge in [-0.3, -0.25) is 5.10 Å². The van der Waals surface area contributed by atoms with Crippen LogP contribution in [0.25, 0.3) is 0 Å². The summed E-state index contributed by atoms with van der Waals surface area (Å²) in [4.78, 5) is 2.37. The minimum Gasteiger partial charge on any atom is -0.325 e. The standard InChI is InChI=1S/C10H18N4/c1-14-4-2-8(3-5-14)10-6-9(7-11)12-13-10/h6,8H,2-5,7,11H2,1H3,(H,12,13). The lowest BCUT2D eigenvalue weighted by atomic mass is 9.94. The van der Waals surface area contributed by atoms with Gasteiger partial charge in [0.2, 0.25) is 0 Å². The van der Waals surface area contributed by atoms with Gasteiger partial charge in [0.25, 0.3) is 0 Å². The Balaban J connectivity index is 2.01. The van der Waals surface area contributed by atoms with E-state index in [4.69, 9.17) is 5.73 Å². The van der Waals surface area contributed by atoms with Crippen molar-refractivity contribution in [2.75, 3.05) is 20.1 Å². The minimum atomic E-state index is 0.555. The van der Waals surface area contributed by atoms with Crippen molar-refractivity contribution in [1.29, 1.82) is 0 Å². The van der Waals surface area contributed by atoms with E-state index in [1.54, 1.807) is 0 Å². The number of hydrogen-bond donors (Lipinski definition) is 2. The quantitative estimate of drug-likeness (QED) is 0.728. The zero-order valence-electron chi connectivity index (χ0n) is 8.66. The molecule has 1 aliphatic heterocycles. The van der Waals surface area contributed by atoms with Crippen molar-refractivity contribution < 1.29 is 0 Å². The number of H-pyrrole nitrogens is 1. The van der Waals surface area contributed by atoms with Gasteiger partial charge < -0.3 is 10.6 Å². The van der Waals surface area contributed by atoms with Crippen LogP contribution in [0.15, 0.2) is 6.07 Å². The van der Waals surface area contributed by atoms with Crippen LogP contribution in [-0.2, 0) is 6.54 Å². The molecule has 2 heterocycles. The fourth-order valence-electron chi connectivity index (χ4n) is 2.00. The van der Waals surface area contributed by atoms with Crippen molar-refractivity contribution in [2.45, 2.75) is 25.3 Å². The molecule has 2 rings (SSSR count). The van der Waals surface area contributed by atoms with E-state index in [9.17, 15) is 0 Å². The summed E-state index contributed by atoms with van der Waals surface area (Å²) >= 11 is 0. The number of hydrogen-bond acceptors (Lipinski definition) is 3. The molecule has 0 radical (unpaired) electrons. The number of nitrogens with one attached hydrogen (secondary N) is 1. The van der Waals surface area contributed by atoms with Crippen LogP contribution in [0.3, 0.4) is 0 Å². The van der Waals surface area contributed by atoms with E-state index in [2.05, 4.69) is 28.2 Å². The first-order chi connectivity index (χ1) is 6.79. The normalized spacial score (nSPS) is 20.1. The lowest BCUT2D eigenvalue weighted by Crippen LogP contribution is -2.29. The molecular weight excluding hydrogens is 176 g/mol. The summed E-state index contributed by atoms with van der Waals surface area (Å²) in [6.45, 7) is 2.91. The first-order valence-corrected chi connectivity index (χ1v) is 5.22. The van der Waals surface area contributed by atoms with Crippen molar-refractivity contribution in [1.82, 2.24) is 15.1 Å². The van der Waals surface area contributed by atoms with Crippen LogP contribution in [-0.4, -0.2) is 35.2 Å². The number of rotatable bonds is 2. The van der Waals surface area contributed by atoms with Crippen molar-refractivity contribution in [3.8, 4) is 0 Å². The Hall–Kier alpha value is -0.870. The van der Waals surface area contributed by atoms with Crippen LogP contribution >= 0.6 is 0 Å². The molecule has 1 aromatic rings. The Morgan fingerprint density at radius 2 is 2.29 bits per heavy atom. The summed E-state index contributed by atoms with van der Waals surface area (Å²) in [5.74, 6) is 0.628. The third-order valence-electron chi connectivity index (χ3n) is 3.01. The summed E-state index contributed by atoms with van der Waals surface area (Å²) in [6.07, 6.45) is 2.43. The molecule has 0 bridgehead atoms. The highest BCUT2D eigenvalue weighted by molar-refractivity contribution is 5.13. The smallest absolute Gasteiger partial charge is 0.0657 e. The number of aromatic nitrogens is 2. The summed E-state index contributed by atoms with van der Waals surface area (Å²) in [6, 6.07) is 2.11. The van der Waals surface area contributed by atoms with Gasteiger partial charge in [-0.25, -0.2) is 0 Å². The second kappa shape index (κ2) is 4.11. The van der Waals surface area contributed by atoms with Gasteiger partial charge in [0.1, 0.15) is 0 Å². The van der Waals surface area contributed by atoms with Crippen LogP contribution in [0.5, 0.6) is 0 Å². The zero-order chi connectivity index (χ0) is 9.97. The van der Waals surface area contributed by atoms with E-state index in [0.717, 1.165) is 5.69 Å². The topological polar surface area (TPSA) is 57.9 Å². The van der Waals surface area contributed by atoms with E-state index < -0.39 is 0 Å². The third-order valence-corrected chi connectivity index (χ3v) is 3.01. The highest BCUT2D eigenvalue weighted by Crippen LogP contribution is 2.26. The fraction of sp³-hybridized carbons (Fsp3) is 0.700. The number of nitrogens with two attached hydrogens (primary N) is 1. The summed E-state index contributed by atoms with van der Waals surface area (Å²) < 4.78 is 0. The van der Waals surface area contributed by atoms with Gasteiger partial charge in [-0.05, 0) is 39.0 Å². The molecule has 0 aliphatic carbocycles. The van der Waals surface area contributed by atoms with Crippen molar-refractivity contribution in [2.24, 2.45) is 5.73 Å². The SMILES string of the molecule is CN1CCC(c2cc(CN)[nH]n2)CC1. The fourth-order valence-corrected chi connectivity index (χ4v) is 2.00. The maximum Gasteiger partial charge on any atom is 0.0657 e. The third kappa shape index (κ3) is 1.96. The first kappa shape index (κ1) is 9.68. The molecule has 1 saturated heterocycles. The predicted molar refractivity (Wildman–Crippen MR) is 56.0 cm³/mol. The van der Waals surface area contributed by atoms with Crippen molar-refractivity contribution >= 4 is 0 Å². The van der Waals surface area contributed by atoms with Gasteiger partial charge in [0.15, 0.2) is 0 Å². The second-order valence-electron chi connectivity index (χ2n) is 4.10. The highest BCUT2D eigenvalue weighted by Gasteiger charge is 2.20. The Labute approximate surface area is 84.5 Å². The summed E-state index contributed by atoms with van der Waals surface area (Å²) in [5.41, 5.74) is 7.77. The summed E-state index contributed by atoms with van der Waals surface area (Å²) in [5, 5.41) is 7.29. The lowest BCUT2D eigenvalue weighted by molar-refractivity contribution is 0.253. The van der Waals surface area contributed by atoms with Gasteiger partial charge >= 0.3 is 0 Å². The predicted octanol–water partition coefficient (Wildman–Crippen LogP) is 0.678. The molecule has 0 unspecified atom stereocenters. The van der Waals surface area contributed by atoms with Crippen LogP contribution in [0.2, 0.25) is 0 Å². The molecule has 4 nitrogen and oxygen atoms in total. The number of piperidine rings is 1. The van der Waals surface area contributed by atoms with Crippen LogP contribution in [0, 0.1) is 0 Å². The number of nitrogens with zero attached hydrogens (tertiary/aromatic N) is 2. The first-order valence-electron chi connectivity index (χ1n) is 5.22. The van der Waals surface area contributed by atoms with Crippen LogP contribution in [0.1, 0.15) is 30.1 Å². The van der Waals surface area contributed by atoms with Gasteiger partial charge in [0.05, 0.1) is 5.69 Å². The molecule has 4 heteroatoms. The Morgan fingerprint density at radius 3 is 2.86 bits per heavy atom. The van der Waals surface area contributed by atoms with Gasteiger partial charge in [0, 0.05) is 18.2 Å². The van der Waals surface area contributed by atoms with E-state index in [-0.39, 0.29) is 0 Å². The molecule has 0 aromatic carbocycles. The van der Waals surface area contributed by atoms with E-state index in [1.165, 1.54) is 31.6 Å². The maximum atomic E-state index is 5.54. The van der Waals surface area contributed by atoms with E-state index in [0.29, 0.717) is 12.5 Å². The Bertz CT molecular complexity index is 286. The zero-order valence-corrected chi connectivity index (χ0v) is 8.66. The molecular formula is C10H18N4. The molecule has 14 heavy (non-hydrogen) atoms. The Morgan fingerprint density at radius 1 is 1.57 bits per heavy atom. The molecule has 0 spiro atoms. The lowest BCUT2D eigenvalue weighted by Gasteiger charge is -2.27. The van der Waals surface area contributed by atoms with Gasteiger partial charge in [-0.15, -0.1) is 0 Å². The average Bonchev–Trinajstić information content (AvgIpc) is 2.67. The molecule has 3 N–H and O–H groups in total. The largest absolute Gasteiger partial charge is 0.325 e. The molecule has 0 saturated carbocycles. The number of aromatic amines is 1. The molecule has 1 aromatic heterocycles. The monoisotopic (exact) mass is 194 g/mol. The van der Waals surface area contributed by atoms with E-state index >= 15 is 0 Å². The Kier molecular flexibility index (Phi) is 2.84. The highest BCUT2D eigenvalue weighted by atomic mass is 15.1. The minimum absolute atomic E-state index is 0.555. The van der Waals surface area contributed by atoms with Crippen LogP contribution < -0.4 is 5.73 Å². The molecule has 0 atom stereocenters. The van der Waals surface area contributed by atoms with E-state index in [1.807, 2.05) is 0 Å². The van der Waals surface area contributed by atoms with Crippen molar-refractivity contribution in [3.05, 3.63) is 17.5 Å². The van der Waals surface area contributed by atoms with Crippen molar-refractivity contribution in [3.63, 3.8) is 0 Å². The average molecular weight is 194 g/mol. The maximum absolute atomic E-state index is 5.54. The van der Waals surface area contributed by atoms with Gasteiger partial charge in [-0.1, -0.05) is 0 Å². The van der Waals surface area contributed by atoms with Gasteiger partial charge in [-0.2, -0.15) is 5.10 Å². The second-order valence-corrected chi connectivity index (χ2v) is 4.10.